The van der Waals surface area contributed by atoms with Crippen LogP contribution >= 0.6 is 0 Å². The Labute approximate surface area is 157 Å². The number of amides is 2. The normalized spacial score (nSPS) is 22.7. The summed E-state index contributed by atoms with van der Waals surface area (Å²) < 4.78 is 7.50. The van der Waals surface area contributed by atoms with Gasteiger partial charge in [-0.25, -0.2) is 0 Å². The Morgan fingerprint density at radius 2 is 2.22 bits per heavy atom. The van der Waals surface area contributed by atoms with Crippen molar-refractivity contribution in [3.05, 3.63) is 48.0 Å². The molecule has 2 atom stereocenters. The molecular weight excluding hydrogens is 346 g/mol. The molecule has 8 heteroatoms. The lowest BCUT2D eigenvalue weighted by molar-refractivity contribution is -0.165. The van der Waals surface area contributed by atoms with Gasteiger partial charge < -0.3 is 15.0 Å². The van der Waals surface area contributed by atoms with Crippen LogP contribution in [0.1, 0.15) is 36.9 Å². The van der Waals surface area contributed by atoms with E-state index >= 15 is 0 Å². The molecule has 8 nitrogen and oxygen atoms in total. The summed E-state index contributed by atoms with van der Waals surface area (Å²) in [4.78, 5) is 31.4. The maximum atomic E-state index is 12.9. The fourth-order valence-corrected chi connectivity index (χ4v) is 3.48. The summed E-state index contributed by atoms with van der Waals surface area (Å²) in [5.41, 5.74) is 1.74. The zero-order valence-corrected chi connectivity index (χ0v) is 15.2. The molecule has 2 aromatic rings. The smallest absolute Gasteiger partial charge is 0.251 e. The maximum absolute atomic E-state index is 12.9. The molecule has 2 aliphatic rings. The molecule has 2 aromatic heterocycles. The molecule has 0 unspecified atom stereocenters. The van der Waals surface area contributed by atoms with Crippen LogP contribution in [-0.4, -0.2) is 50.2 Å². The number of aromatic nitrogens is 3. The van der Waals surface area contributed by atoms with Crippen molar-refractivity contribution in [1.82, 2.24) is 25.0 Å². The first-order chi connectivity index (χ1) is 13.2. The second kappa shape index (κ2) is 7.48. The van der Waals surface area contributed by atoms with Crippen LogP contribution in [0.5, 0.6) is 0 Å². The first-order valence-electron chi connectivity index (χ1n) is 9.29. The van der Waals surface area contributed by atoms with Crippen LogP contribution in [0.3, 0.4) is 0 Å². The lowest BCUT2D eigenvalue weighted by Crippen LogP contribution is -2.55. The van der Waals surface area contributed by atoms with Crippen molar-refractivity contribution in [3.63, 3.8) is 0 Å². The molecule has 2 fully saturated rings. The van der Waals surface area contributed by atoms with Gasteiger partial charge in [-0.3, -0.25) is 19.3 Å². The highest BCUT2D eigenvalue weighted by molar-refractivity contribution is 5.86. The van der Waals surface area contributed by atoms with Crippen LogP contribution in [0.25, 0.3) is 0 Å². The average Bonchev–Trinajstić information content (AvgIpc) is 3.43. The highest BCUT2D eigenvalue weighted by Crippen LogP contribution is 2.39. The van der Waals surface area contributed by atoms with Crippen molar-refractivity contribution < 1.29 is 14.3 Å². The third-order valence-electron chi connectivity index (χ3n) is 4.96. The van der Waals surface area contributed by atoms with Crippen LogP contribution in [0, 0.1) is 0 Å². The Morgan fingerprint density at radius 1 is 1.37 bits per heavy atom. The van der Waals surface area contributed by atoms with Gasteiger partial charge in [0.05, 0.1) is 12.2 Å². The van der Waals surface area contributed by atoms with Gasteiger partial charge in [0.2, 0.25) is 5.91 Å². The van der Waals surface area contributed by atoms with E-state index in [0.717, 1.165) is 30.5 Å². The lowest BCUT2D eigenvalue weighted by Gasteiger charge is -2.40. The van der Waals surface area contributed by atoms with Gasteiger partial charge in [0.15, 0.2) is 6.10 Å². The first-order valence-corrected chi connectivity index (χ1v) is 9.29. The van der Waals surface area contributed by atoms with E-state index in [4.69, 9.17) is 4.74 Å². The predicted molar refractivity (Wildman–Crippen MR) is 96.3 cm³/mol. The van der Waals surface area contributed by atoms with Gasteiger partial charge in [-0.05, 0) is 31.4 Å². The molecule has 27 heavy (non-hydrogen) atoms. The fraction of sp³-hybridized carbons (Fsp3) is 0.474. The summed E-state index contributed by atoms with van der Waals surface area (Å²) in [6.07, 6.45) is 8.20. The molecule has 0 radical (unpaired) electrons. The Hall–Kier alpha value is -2.74. The van der Waals surface area contributed by atoms with Crippen LogP contribution in [0.15, 0.2) is 36.9 Å². The molecule has 142 valence electrons. The Balaban J connectivity index is 1.53. The number of ether oxygens (including phenoxy) is 1. The molecule has 2 amide bonds. The number of nitrogens with one attached hydrogen (secondary N) is 1. The van der Waals surface area contributed by atoms with Gasteiger partial charge in [-0.2, -0.15) is 5.10 Å². The van der Waals surface area contributed by atoms with E-state index in [1.807, 2.05) is 34.8 Å². The molecule has 1 aliphatic heterocycles. The van der Waals surface area contributed by atoms with Crippen LogP contribution in [-0.2, 0) is 27.4 Å². The predicted octanol–water partition coefficient (Wildman–Crippen LogP) is 1.05. The van der Waals surface area contributed by atoms with Crippen LogP contribution in [0.2, 0.25) is 0 Å². The molecule has 4 rings (SSSR count). The molecule has 1 saturated carbocycles. The number of morpholine rings is 1. The number of rotatable bonds is 6. The van der Waals surface area contributed by atoms with Gasteiger partial charge in [0, 0.05) is 43.3 Å². The number of nitrogens with zero attached hydrogens (tertiary/aromatic N) is 4. The molecule has 0 spiro atoms. The number of aryl methyl sites for hydroxylation is 1. The molecular formula is C19H23N5O3. The molecule has 0 bridgehead atoms. The summed E-state index contributed by atoms with van der Waals surface area (Å²) in [5.74, 6) is -0.300. The molecule has 3 heterocycles. The summed E-state index contributed by atoms with van der Waals surface area (Å²) in [6, 6.07) is 3.43. The van der Waals surface area contributed by atoms with Crippen molar-refractivity contribution >= 4 is 11.8 Å². The SMILES string of the molecule is CCn1cc(CNC(=O)[C@H]2OCC(=O)N(C3CC3)[C@@H]2c2cccnc2)cn1. The second-order valence-corrected chi connectivity index (χ2v) is 6.92. The lowest BCUT2D eigenvalue weighted by atomic mass is 9.98. The number of carbonyl (C=O) groups is 2. The van der Waals surface area contributed by atoms with Crippen molar-refractivity contribution in [2.24, 2.45) is 0 Å². The summed E-state index contributed by atoms with van der Waals surface area (Å²) in [7, 11) is 0. The first kappa shape index (κ1) is 17.7. The van der Waals surface area contributed by atoms with E-state index in [-0.39, 0.29) is 24.5 Å². The van der Waals surface area contributed by atoms with Crippen LogP contribution in [0.4, 0.5) is 0 Å². The summed E-state index contributed by atoms with van der Waals surface area (Å²) in [5, 5.41) is 7.14. The third kappa shape index (κ3) is 3.71. The number of hydrogen-bond donors (Lipinski definition) is 1. The largest absolute Gasteiger partial charge is 0.356 e. The second-order valence-electron chi connectivity index (χ2n) is 6.92. The minimum absolute atomic E-state index is 0.0698. The minimum Gasteiger partial charge on any atom is -0.356 e. The molecule has 1 saturated heterocycles. The van der Waals surface area contributed by atoms with Crippen molar-refractivity contribution in [2.45, 2.75) is 51.0 Å². The van der Waals surface area contributed by atoms with E-state index < -0.39 is 12.1 Å². The third-order valence-corrected chi connectivity index (χ3v) is 4.96. The van der Waals surface area contributed by atoms with Crippen molar-refractivity contribution in [1.29, 1.82) is 0 Å². The Kier molecular flexibility index (Phi) is 4.89. The van der Waals surface area contributed by atoms with Gasteiger partial charge in [0.25, 0.3) is 5.91 Å². The standard InChI is InChI=1S/C19H23N5O3/c1-2-23-11-13(9-22-23)8-21-19(26)18-17(14-4-3-7-20-10-14)24(15-5-6-15)16(25)12-27-18/h3-4,7,9-11,15,17-18H,2,5-6,8,12H2,1H3,(H,21,26)/t17-,18+/m1/s1. The number of pyridine rings is 1. The topological polar surface area (TPSA) is 89.4 Å². The van der Waals surface area contributed by atoms with Gasteiger partial charge in [-0.15, -0.1) is 0 Å². The van der Waals surface area contributed by atoms with Crippen LogP contribution < -0.4 is 5.32 Å². The highest BCUT2D eigenvalue weighted by Gasteiger charge is 2.47. The molecule has 0 aromatic carbocycles. The molecule has 1 N–H and O–H groups in total. The van der Waals surface area contributed by atoms with Crippen molar-refractivity contribution in [2.75, 3.05) is 6.61 Å². The van der Waals surface area contributed by atoms with E-state index in [1.165, 1.54) is 0 Å². The van der Waals surface area contributed by atoms with E-state index in [2.05, 4.69) is 15.4 Å². The molecule has 1 aliphatic carbocycles. The fourth-order valence-electron chi connectivity index (χ4n) is 3.48. The zero-order chi connectivity index (χ0) is 18.8. The minimum atomic E-state index is -0.756. The summed E-state index contributed by atoms with van der Waals surface area (Å²) in [6.45, 7) is 3.09. The van der Waals surface area contributed by atoms with Gasteiger partial charge in [0.1, 0.15) is 6.61 Å². The number of hydrogen-bond acceptors (Lipinski definition) is 5. The highest BCUT2D eigenvalue weighted by atomic mass is 16.5. The number of carbonyl (C=O) groups excluding carboxylic acids is 2. The quantitative estimate of drug-likeness (QED) is 0.822. The van der Waals surface area contributed by atoms with Gasteiger partial charge >= 0.3 is 0 Å². The Bertz CT molecular complexity index is 818. The summed E-state index contributed by atoms with van der Waals surface area (Å²) >= 11 is 0. The average molecular weight is 369 g/mol. The van der Waals surface area contributed by atoms with Gasteiger partial charge in [-0.1, -0.05) is 6.07 Å². The van der Waals surface area contributed by atoms with E-state index in [0.29, 0.717) is 6.54 Å². The van der Waals surface area contributed by atoms with E-state index in [9.17, 15) is 9.59 Å². The van der Waals surface area contributed by atoms with E-state index in [1.54, 1.807) is 18.6 Å². The zero-order valence-electron chi connectivity index (χ0n) is 15.2. The maximum Gasteiger partial charge on any atom is 0.251 e. The Morgan fingerprint density at radius 3 is 2.89 bits per heavy atom. The van der Waals surface area contributed by atoms with Crippen molar-refractivity contribution in [3.8, 4) is 0 Å². The monoisotopic (exact) mass is 369 g/mol.